The smallest absolute Gasteiger partial charge is 0.415 e. The number of anilines is 3. The Balaban J connectivity index is 1.21. The normalized spacial score (nSPS) is 24.0. The molecule has 0 unspecified atom stereocenters. The Hall–Kier alpha value is -2.55. The molecule has 16 heteroatoms. The van der Waals surface area contributed by atoms with Crippen LogP contribution in [-0.4, -0.2) is 96.6 Å². The van der Waals surface area contributed by atoms with Gasteiger partial charge in [0.1, 0.15) is 31.0 Å². The van der Waals surface area contributed by atoms with Crippen LogP contribution < -0.4 is 14.7 Å². The fourth-order valence-corrected chi connectivity index (χ4v) is 5.34. The zero-order chi connectivity index (χ0) is 30.2. The first-order chi connectivity index (χ1) is 19.8. The van der Waals surface area contributed by atoms with Crippen LogP contribution in [0.25, 0.3) is 0 Å². The summed E-state index contributed by atoms with van der Waals surface area (Å²) < 4.78 is 40.6. The Morgan fingerprint density at radius 1 is 1.26 bits per heavy atom. The van der Waals surface area contributed by atoms with Crippen molar-refractivity contribution in [3.05, 3.63) is 36.3 Å². The lowest BCUT2D eigenvalue weighted by atomic mass is 10.2. The average Bonchev–Trinajstić information content (AvgIpc) is 3.72. The summed E-state index contributed by atoms with van der Waals surface area (Å²) >= 11 is 17.1. The molecule has 230 valence electrons. The molecule has 0 aliphatic carbocycles. The largest absolute Gasteiger partial charge is 0.445 e. The number of aromatic nitrogens is 1. The molecular weight excluding hydrogens is 620 g/mol. The van der Waals surface area contributed by atoms with Crippen LogP contribution in [0.15, 0.2) is 35.1 Å². The molecule has 2 aromatic rings. The maximum atomic E-state index is 15.4. The summed E-state index contributed by atoms with van der Waals surface area (Å²) in [6, 6.07) is 6.21. The Bertz CT molecular complexity index is 1280. The van der Waals surface area contributed by atoms with Crippen LogP contribution in [0.1, 0.15) is 20.3 Å². The number of benzene rings is 1. The molecule has 0 spiro atoms. The molecule has 3 aliphatic heterocycles. The SMILES string of the molecule is CN([C@H]1CCN(c2ccc(N3C[C@H](CN(C(=O)OCC(Cl)(Cl)Cl)c4ccon4)OC3=O)cc2F)C1)[C@@H]1COC(C)(C)O1. The lowest BCUT2D eigenvalue weighted by molar-refractivity contribution is -0.160. The maximum Gasteiger partial charge on any atom is 0.415 e. The predicted octanol–water partition coefficient (Wildman–Crippen LogP) is 4.77. The standard InChI is InChI=1S/C26H31Cl3FN5O7/c1-25(2)39-14-22(42-25)32(3)17-6-8-33(11-17)20-5-4-16(10-19(20)30)34-12-18(41-24(34)37)13-35(21-7-9-40-31-21)23(36)38-15-26(27,28)29/h4-5,7,9-10,17-18,22H,6,8,11-15H2,1-3H3/t17-,18+,22-/m0/s1. The van der Waals surface area contributed by atoms with E-state index in [1.54, 1.807) is 12.1 Å². The quantitative estimate of drug-likeness (QED) is 0.371. The fourth-order valence-electron chi connectivity index (χ4n) is 5.18. The van der Waals surface area contributed by atoms with Crippen molar-refractivity contribution < 1.29 is 37.5 Å². The van der Waals surface area contributed by atoms with Gasteiger partial charge in [0, 0.05) is 25.2 Å². The molecule has 3 fully saturated rings. The van der Waals surface area contributed by atoms with Gasteiger partial charge >= 0.3 is 12.2 Å². The topological polar surface area (TPSA) is 110 Å². The van der Waals surface area contributed by atoms with Gasteiger partial charge in [0.15, 0.2) is 11.6 Å². The van der Waals surface area contributed by atoms with Crippen molar-refractivity contribution in [2.24, 2.45) is 0 Å². The molecule has 3 aliphatic rings. The summed E-state index contributed by atoms with van der Waals surface area (Å²) in [6.45, 7) is 4.92. The molecule has 1 aromatic heterocycles. The molecule has 0 N–H and O–H groups in total. The molecule has 12 nitrogen and oxygen atoms in total. The highest BCUT2D eigenvalue weighted by Crippen LogP contribution is 2.33. The second kappa shape index (κ2) is 12.2. The van der Waals surface area contributed by atoms with Gasteiger partial charge in [-0.1, -0.05) is 40.0 Å². The molecule has 0 bridgehead atoms. The molecular formula is C26H31Cl3FN5O7. The molecule has 0 saturated carbocycles. The molecule has 2 amide bonds. The number of hydrogen-bond donors (Lipinski definition) is 0. The summed E-state index contributed by atoms with van der Waals surface area (Å²) in [7, 11) is 1.99. The van der Waals surface area contributed by atoms with Gasteiger partial charge in [0.05, 0.1) is 31.1 Å². The Morgan fingerprint density at radius 2 is 2.05 bits per heavy atom. The highest BCUT2D eigenvalue weighted by molar-refractivity contribution is 6.67. The number of amides is 2. The lowest BCUT2D eigenvalue weighted by Gasteiger charge is -2.30. The molecule has 3 atom stereocenters. The second-order valence-electron chi connectivity index (χ2n) is 10.7. The number of halogens is 4. The molecule has 1 aromatic carbocycles. The predicted molar refractivity (Wildman–Crippen MR) is 153 cm³/mol. The Kier molecular flexibility index (Phi) is 8.98. The van der Waals surface area contributed by atoms with Crippen molar-refractivity contribution in [3.63, 3.8) is 0 Å². The zero-order valence-electron chi connectivity index (χ0n) is 23.2. The van der Waals surface area contributed by atoms with Gasteiger partial charge in [-0.05, 0) is 45.5 Å². The average molecular weight is 651 g/mol. The van der Waals surface area contributed by atoms with E-state index >= 15 is 4.39 Å². The maximum absolute atomic E-state index is 15.4. The lowest BCUT2D eigenvalue weighted by Crippen LogP contribution is -2.43. The highest BCUT2D eigenvalue weighted by Gasteiger charge is 2.40. The van der Waals surface area contributed by atoms with E-state index in [1.807, 2.05) is 25.8 Å². The van der Waals surface area contributed by atoms with E-state index in [-0.39, 0.29) is 31.2 Å². The van der Waals surface area contributed by atoms with Crippen molar-refractivity contribution in [3.8, 4) is 0 Å². The number of likely N-dealkylation sites (N-methyl/N-ethyl adjacent to an activating group) is 1. The summed E-state index contributed by atoms with van der Waals surface area (Å²) in [4.78, 5) is 32.0. The molecule has 0 radical (unpaired) electrons. The number of carbonyl (C=O) groups excluding carboxylic acids is 2. The van der Waals surface area contributed by atoms with E-state index in [0.717, 1.165) is 11.3 Å². The van der Waals surface area contributed by atoms with Crippen LogP contribution >= 0.6 is 34.8 Å². The zero-order valence-corrected chi connectivity index (χ0v) is 25.4. The number of nitrogens with zero attached hydrogens (tertiary/aromatic N) is 5. The second-order valence-corrected chi connectivity index (χ2v) is 13.2. The van der Waals surface area contributed by atoms with Gasteiger partial charge in [-0.2, -0.15) is 0 Å². The number of carbonyl (C=O) groups is 2. The van der Waals surface area contributed by atoms with Gasteiger partial charge in [-0.3, -0.25) is 14.7 Å². The van der Waals surface area contributed by atoms with Crippen LogP contribution in [0.2, 0.25) is 0 Å². The van der Waals surface area contributed by atoms with Crippen LogP contribution in [0.5, 0.6) is 0 Å². The Morgan fingerprint density at radius 3 is 2.69 bits per heavy atom. The number of rotatable bonds is 8. The van der Waals surface area contributed by atoms with Gasteiger partial charge in [0.25, 0.3) is 0 Å². The number of cyclic esters (lactones) is 1. The minimum atomic E-state index is -1.82. The van der Waals surface area contributed by atoms with Gasteiger partial charge in [0.2, 0.25) is 3.79 Å². The van der Waals surface area contributed by atoms with E-state index in [1.165, 1.54) is 23.3 Å². The monoisotopic (exact) mass is 649 g/mol. The van der Waals surface area contributed by atoms with Crippen molar-refractivity contribution >= 4 is 64.2 Å². The van der Waals surface area contributed by atoms with Gasteiger partial charge < -0.3 is 28.4 Å². The van der Waals surface area contributed by atoms with Gasteiger partial charge in [-0.25, -0.2) is 14.0 Å². The minimum absolute atomic E-state index is 0.0418. The third-order valence-corrected chi connectivity index (χ3v) is 7.64. The first-order valence-electron chi connectivity index (χ1n) is 13.3. The van der Waals surface area contributed by atoms with E-state index in [0.29, 0.717) is 31.1 Å². The number of hydrogen-bond acceptors (Lipinski definition) is 10. The summed E-state index contributed by atoms with van der Waals surface area (Å²) in [5.74, 6) is -0.981. The van der Waals surface area contributed by atoms with Crippen LogP contribution in [-0.2, 0) is 18.9 Å². The molecule has 42 heavy (non-hydrogen) atoms. The third-order valence-electron chi connectivity index (χ3n) is 7.31. The van der Waals surface area contributed by atoms with E-state index in [4.69, 9.17) is 58.3 Å². The Labute approximate surface area is 257 Å². The third kappa shape index (κ3) is 7.14. The fraction of sp³-hybridized carbons (Fsp3) is 0.577. The first-order valence-corrected chi connectivity index (χ1v) is 14.4. The number of ether oxygens (including phenoxy) is 4. The van der Waals surface area contributed by atoms with E-state index in [2.05, 4.69) is 10.1 Å². The molecule has 5 rings (SSSR count). The van der Waals surface area contributed by atoms with Crippen molar-refractivity contribution in [1.82, 2.24) is 10.1 Å². The van der Waals surface area contributed by atoms with Crippen molar-refractivity contribution in [2.45, 2.75) is 48.2 Å². The number of alkyl halides is 3. The van der Waals surface area contributed by atoms with Gasteiger partial charge in [-0.15, -0.1) is 0 Å². The highest BCUT2D eigenvalue weighted by atomic mass is 35.6. The molecule has 3 saturated heterocycles. The van der Waals surface area contributed by atoms with Crippen LogP contribution in [0.4, 0.5) is 31.2 Å². The van der Waals surface area contributed by atoms with Crippen molar-refractivity contribution in [2.75, 3.05) is 61.1 Å². The summed E-state index contributed by atoms with van der Waals surface area (Å²) in [5, 5.41) is 3.75. The van der Waals surface area contributed by atoms with E-state index < -0.39 is 40.3 Å². The van der Waals surface area contributed by atoms with Crippen LogP contribution in [0, 0.1) is 5.82 Å². The minimum Gasteiger partial charge on any atom is -0.445 e. The van der Waals surface area contributed by atoms with E-state index in [9.17, 15) is 9.59 Å². The summed E-state index contributed by atoms with van der Waals surface area (Å²) in [5.41, 5.74) is 0.763. The van der Waals surface area contributed by atoms with Crippen LogP contribution in [0.3, 0.4) is 0 Å². The van der Waals surface area contributed by atoms with Crippen molar-refractivity contribution in [1.29, 1.82) is 0 Å². The molecule has 4 heterocycles. The first kappa shape index (κ1) is 30.9. The summed E-state index contributed by atoms with van der Waals surface area (Å²) in [6.07, 6.45) is -0.427.